The van der Waals surface area contributed by atoms with E-state index in [1.807, 2.05) is 6.07 Å². The van der Waals surface area contributed by atoms with Gasteiger partial charge in [0.1, 0.15) is 5.82 Å². The van der Waals surface area contributed by atoms with Crippen LogP contribution in [0.2, 0.25) is 0 Å². The van der Waals surface area contributed by atoms with E-state index in [4.69, 9.17) is 4.74 Å². The highest BCUT2D eigenvalue weighted by Gasteiger charge is 2.16. The van der Waals surface area contributed by atoms with Crippen molar-refractivity contribution in [3.63, 3.8) is 0 Å². The number of amides is 2. The van der Waals surface area contributed by atoms with E-state index in [2.05, 4.69) is 15.6 Å². The van der Waals surface area contributed by atoms with Crippen LogP contribution in [0.4, 0.5) is 9.18 Å². The second-order valence-corrected chi connectivity index (χ2v) is 5.75. The number of urea groups is 1. The minimum absolute atomic E-state index is 0.104. The van der Waals surface area contributed by atoms with Gasteiger partial charge in [-0.15, -0.1) is 0 Å². The molecule has 2 amide bonds. The van der Waals surface area contributed by atoms with Gasteiger partial charge in [0, 0.05) is 43.2 Å². The molecule has 1 unspecified atom stereocenters. The molecular weight excluding hydrogens is 309 g/mol. The lowest BCUT2D eigenvalue weighted by atomic mass is 10.0. The van der Waals surface area contributed by atoms with Crippen molar-refractivity contribution in [2.45, 2.75) is 25.5 Å². The summed E-state index contributed by atoms with van der Waals surface area (Å²) >= 11 is 0. The van der Waals surface area contributed by atoms with Gasteiger partial charge in [-0.1, -0.05) is 18.2 Å². The molecule has 0 bridgehead atoms. The predicted molar refractivity (Wildman–Crippen MR) is 88.8 cm³/mol. The predicted octanol–water partition coefficient (Wildman–Crippen LogP) is 2.87. The fourth-order valence-electron chi connectivity index (χ4n) is 2.68. The molecule has 1 saturated heterocycles. The Morgan fingerprint density at radius 1 is 1.33 bits per heavy atom. The number of nitrogens with one attached hydrogen (secondary N) is 2. The molecule has 2 heterocycles. The Bertz CT molecular complexity index is 688. The van der Waals surface area contributed by atoms with Gasteiger partial charge in [-0.05, 0) is 30.5 Å². The maximum absolute atomic E-state index is 14.2. The zero-order valence-electron chi connectivity index (χ0n) is 13.3. The van der Waals surface area contributed by atoms with E-state index in [0.29, 0.717) is 17.7 Å². The van der Waals surface area contributed by atoms with Gasteiger partial charge in [-0.3, -0.25) is 4.98 Å². The van der Waals surface area contributed by atoms with E-state index in [-0.39, 0.29) is 24.5 Å². The first kappa shape index (κ1) is 16.4. The number of aromatic nitrogens is 1. The number of ether oxygens (including phenoxy) is 1. The van der Waals surface area contributed by atoms with Crippen LogP contribution in [-0.4, -0.2) is 30.3 Å². The van der Waals surface area contributed by atoms with Gasteiger partial charge in [-0.25, -0.2) is 9.18 Å². The maximum atomic E-state index is 14.2. The van der Waals surface area contributed by atoms with Crippen molar-refractivity contribution in [1.82, 2.24) is 15.6 Å². The van der Waals surface area contributed by atoms with E-state index in [9.17, 15) is 9.18 Å². The first-order chi connectivity index (χ1) is 11.7. The van der Waals surface area contributed by atoms with Crippen molar-refractivity contribution in [2.75, 3.05) is 13.2 Å². The van der Waals surface area contributed by atoms with Gasteiger partial charge in [0.25, 0.3) is 0 Å². The molecule has 1 aromatic heterocycles. The lowest BCUT2D eigenvalue weighted by molar-refractivity contribution is 0.111. The Balaban J connectivity index is 1.52. The number of carbonyl (C=O) groups excluding carboxylic acids is 1. The van der Waals surface area contributed by atoms with Crippen LogP contribution < -0.4 is 10.6 Å². The van der Waals surface area contributed by atoms with E-state index >= 15 is 0 Å². The van der Waals surface area contributed by atoms with Crippen molar-refractivity contribution < 1.29 is 13.9 Å². The summed E-state index contributed by atoms with van der Waals surface area (Å²) in [7, 11) is 0. The zero-order valence-corrected chi connectivity index (χ0v) is 13.3. The highest BCUT2D eigenvalue weighted by Crippen LogP contribution is 2.22. The standard InChI is InChI=1S/C18H20FN3O2/c19-17-9-13(5-6-16(17)14-3-1-7-20-11-14)10-21-18(23)22-12-15-4-2-8-24-15/h1,3,5-7,9,11,15H,2,4,8,10,12H2,(H2,21,22,23). The summed E-state index contributed by atoms with van der Waals surface area (Å²) in [5.41, 5.74) is 1.92. The molecule has 6 heteroatoms. The van der Waals surface area contributed by atoms with Gasteiger partial charge in [0.2, 0.25) is 0 Å². The highest BCUT2D eigenvalue weighted by atomic mass is 19.1. The molecule has 0 aliphatic carbocycles. The van der Waals surface area contributed by atoms with Crippen molar-refractivity contribution in [3.8, 4) is 11.1 Å². The van der Waals surface area contributed by atoms with Gasteiger partial charge in [0.05, 0.1) is 6.10 Å². The van der Waals surface area contributed by atoms with Crippen molar-refractivity contribution >= 4 is 6.03 Å². The molecule has 1 aliphatic rings. The van der Waals surface area contributed by atoms with E-state index < -0.39 is 0 Å². The molecule has 3 rings (SSSR count). The molecule has 1 fully saturated rings. The molecule has 1 aromatic carbocycles. The van der Waals surface area contributed by atoms with Gasteiger partial charge in [0.15, 0.2) is 0 Å². The summed E-state index contributed by atoms with van der Waals surface area (Å²) < 4.78 is 19.7. The van der Waals surface area contributed by atoms with Crippen LogP contribution in [0.25, 0.3) is 11.1 Å². The quantitative estimate of drug-likeness (QED) is 0.886. The van der Waals surface area contributed by atoms with Crippen LogP contribution in [0.5, 0.6) is 0 Å². The van der Waals surface area contributed by atoms with Crippen LogP contribution in [0.1, 0.15) is 18.4 Å². The number of hydrogen-bond donors (Lipinski definition) is 2. The van der Waals surface area contributed by atoms with Gasteiger partial charge >= 0.3 is 6.03 Å². The van der Waals surface area contributed by atoms with Crippen LogP contribution >= 0.6 is 0 Å². The first-order valence-electron chi connectivity index (χ1n) is 8.04. The summed E-state index contributed by atoms with van der Waals surface area (Å²) in [4.78, 5) is 15.8. The largest absolute Gasteiger partial charge is 0.376 e. The van der Waals surface area contributed by atoms with Gasteiger partial charge < -0.3 is 15.4 Å². The molecule has 126 valence electrons. The third kappa shape index (κ3) is 4.29. The topological polar surface area (TPSA) is 63.2 Å². The van der Waals surface area contributed by atoms with Crippen molar-refractivity contribution in [2.24, 2.45) is 0 Å². The minimum atomic E-state index is -0.331. The van der Waals surface area contributed by atoms with E-state index in [1.165, 1.54) is 6.07 Å². The van der Waals surface area contributed by atoms with Crippen LogP contribution in [-0.2, 0) is 11.3 Å². The summed E-state index contributed by atoms with van der Waals surface area (Å²) in [6, 6.07) is 8.23. The van der Waals surface area contributed by atoms with Crippen LogP contribution in [0, 0.1) is 5.82 Å². The van der Waals surface area contributed by atoms with Crippen molar-refractivity contribution in [3.05, 3.63) is 54.1 Å². The Morgan fingerprint density at radius 2 is 2.25 bits per heavy atom. The monoisotopic (exact) mass is 329 g/mol. The number of pyridine rings is 1. The molecule has 24 heavy (non-hydrogen) atoms. The molecule has 2 N–H and O–H groups in total. The summed E-state index contributed by atoms with van der Waals surface area (Å²) in [6.07, 6.45) is 5.38. The van der Waals surface area contributed by atoms with E-state index in [1.54, 1.807) is 30.6 Å². The molecule has 0 saturated carbocycles. The third-order valence-electron chi connectivity index (χ3n) is 3.97. The SMILES string of the molecule is O=C(NCc1ccc(-c2cccnc2)c(F)c1)NCC1CCCO1. The smallest absolute Gasteiger partial charge is 0.315 e. The Labute approximate surface area is 140 Å². The number of halogens is 1. The number of carbonyl (C=O) groups is 1. The summed E-state index contributed by atoms with van der Waals surface area (Å²) in [5.74, 6) is -0.331. The van der Waals surface area contributed by atoms with Crippen LogP contribution in [0.15, 0.2) is 42.7 Å². The number of hydrogen-bond acceptors (Lipinski definition) is 3. The van der Waals surface area contributed by atoms with E-state index in [0.717, 1.165) is 25.0 Å². The second-order valence-electron chi connectivity index (χ2n) is 5.75. The molecule has 1 aliphatic heterocycles. The number of nitrogens with zero attached hydrogens (tertiary/aromatic N) is 1. The Morgan fingerprint density at radius 3 is 2.96 bits per heavy atom. The normalized spacial score (nSPS) is 16.8. The average molecular weight is 329 g/mol. The van der Waals surface area contributed by atoms with Crippen molar-refractivity contribution in [1.29, 1.82) is 0 Å². The summed E-state index contributed by atoms with van der Waals surface area (Å²) in [5, 5.41) is 5.49. The molecule has 0 spiro atoms. The lowest BCUT2D eigenvalue weighted by Crippen LogP contribution is -2.39. The molecule has 0 radical (unpaired) electrons. The Kier molecular flexibility index (Phi) is 5.38. The number of rotatable bonds is 5. The minimum Gasteiger partial charge on any atom is -0.376 e. The fourth-order valence-corrected chi connectivity index (χ4v) is 2.68. The lowest BCUT2D eigenvalue weighted by Gasteiger charge is -2.12. The highest BCUT2D eigenvalue weighted by molar-refractivity contribution is 5.73. The number of benzene rings is 1. The van der Waals surface area contributed by atoms with Crippen LogP contribution in [0.3, 0.4) is 0 Å². The Hall–Kier alpha value is -2.47. The molecule has 1 atom stereocenters. The van der Waals surface area contributed by atoms with Gasteiger partial charge in [-0.2, -0.15) is 0 Å². The molecular formula is C18H20FN3O2. The zero-order chi connectivity index (χ0) is 16.8. The molecule has 2 aromatic rings. The second kappa shape index (κ2) is 7.88. The first-order valence-corrected chi connectivity index (χ1v) is 8.04. The molecule has 5 nitrogen and oxygen atoms in total. The third-order valence-corrected chi connectivity index (χ3v) is 3.97. The average Bonchev–Trinajstić information content (AvgIpc) is 3.12. The maximum Gasteiger partial charge on any atom is 0.315 e. The summed E-state index contributed by atoms with van der Waals surface area (Å²) in [6.45, 7) is 1.53. The fraction of sp³-hybridized carbons (Fsp3) is 0.333.